The molecular weight excluding hydrogens is 236 g/mol. The summed E-state index contributed by atoms with van der Waals surface area (Å²) >= 11 is -2.61. The Morgan fingerprint density at radius 3 is 2.06 bits per heavy atom. The van der Waals surface area contributed by atoms with E-state index in [0.717, 1.165) is 6.29 Å². The smallest absolute Gasteiger partial charge is 0.299 e. The summed E-state index contributed by atoms with van der Waals surface area (Å²) < 4.78 is 32.8. The van der Waals surface area contributed by atoms with Crippen LogP contribution in [-0.2, 0) is 11.4 Å². The summed E-state index contributed by atoms with van der Waals surface area (Å²) in [6, 6.07) is 5.00. The highest BCUT2D eigenvalue weighted by Gasteiger charge is 2.02. The maximum absolute atomic E-state index is 10.4. The third-order valence-electron chi connectivity index (χ3n) is 1.54. The first kappa shape index (κ1) is 14.6. The number of benzene rings is 1. The predicted molar refractivity (Wildman–Crippen MR) is 58.3 cm³/mol. The second-order valence-electron chi connectivity index (χ2n) is 2.46. The SMILES string of the molecule is COc1ccc(C=O)cc1OC.O=S(O)O. The van der Waals surface area contributed by atoms with Crippen molar-refractivity contribution in [2.45, 2.75) is 0 Å². The van der Waals surface area contributed by atoms with E-state index < -0.39 is 11.4 Å². The molecule has 6 nitrogen and oxygen atoms in total. The van der Waals surface area contributed by atoms with Crippen molar-refractivity contribution in [3.63, 3.8) is 0 Å². The van der Waals surface area contributed by atoms with Crippen molar-refractivity contribution < 1.29 is 27.6 Å². The summed E-state index contributed by atoms with van der Waals surface area (Å²) in [5.41, 5.74) is 0.577. The molecule has 0 saturated heterocycles. The number of hydrogen-bond acceptors (Lipinski definition) is 4. The number of carbonyl (C=O) groups excluding carboxylic acids is 1. The number of rotatable bonds is 3. The molecule has 0 aliphatic rings. The Hall–Kier alpha value is -1.44. The summed E-state index contributed by atoms with van der Waals surface area (Å²) in [6.07, 6.45) is 0.766. The highest BCUT2D eigenvalue weighted by atomic mass is 32.2. The minimum Gasteiger partial charge on any atom is -0.493 e. The molecule has 16 heavy (non-hydrogen) atoms. The predicted octanol–water partition coefficient (Wildman–Crippen LogP) is 1.20. The molecule has 0 bridgehead atoms. The van der Waals surface area contributed by atoms with Gasteiger partial charge in [0.2, 0.25) is 0 Å². The van der Waals surface area contributed by atoms with Crippen molar-refractivity contribution in [3.8, 4) is 11.5 Å². The topological polar surface area (TPSA) is 93.1 Å². The maximum atomic E-state index is 10.4. The molecule has 0 saturated carbocycles. The average Bonchev–Trinajstić information content (AvgIpc) is 2.27. The third-order valence-corrected chi connectivity index (χ3v) is 1.54. The van der Waals surface area contributed by atoms with Gasteiger partial charge < -0.3 is 9.47 Å². The highest BCUT2D eigenvalue weighted by Crippen LogP contribution is 2.26. The first-order chi connectivity index (χ1) is 7.54. The fourth-order valence-corrected chi connectivity index (χ4v) is 0.926. The van der Waals surface area contributed by atoms with E-state index in [4.69, 9.17) is 22.8 Å². The van der Waals surface area contributed by atoms with Crippen LogP contribution in [0, 0.1) is 0 Å². The van der Waals surface area contributed by atoms with Crippen LogP contribution in [0.1, 0.15) is 10.4 Å². The Bertz CT molecular complexity index is 361. The van der Waals surface area contributed by atoms with Gasteiger partial charge in [0, 0.05) is 5.56 Å². The Morgan fingerprint density at radius 2 is 1.69 bits per heavy atom. The van der Waals surface area contributed by atoms with Crippen molar-refractivity contribution in [3.05, 3.63) is 23.8 Å². The van der Waals surface area contributed by atoms with Gasteiger partial charge in [0.1, 0.15) is 6.29 Å². The van der Waals surface area contributed by atoms with E-state index in [-0.39, 0.29) is 0 Å². The minimum atomic E-state index is -2.61. The van der Waals surface area contributed by atoms with Crippen LogP contribution in [0.25, 0.3) is 0 Å². The summed E-state index contributed by atoms with van der Waals surface area (Å²) in [5.74, 6) is 1.20. The van der Waals surface area contributed by atoms with Gasteiger partial charge in [-0.2, -0.15) is 4.21 Å². The van der Waals surface area contributed by atoms with Gasteiger partial charge >= 0.3 is 0 Å². The monoisotopic (exact) mass is 248 g/mol. The van der Waals surface area contributed by atoms with Gasteiger partial charge in [0.15, 0.2) is 11.5 Å². The van der Waals surface area contributed by atoms with E-state index in [0.29, 0.717) is 17.1 Å². The van der Waals surface area contributed by atoms with Crippen molar-refractivity contribution >= 4 is 17.6 Å². The molecule has 0 aliphatic carbocycles. The Balaban J connectivity index is 0.000000487. The first-order valence-corrected chi connectivity index (χ1v) is 5.08. The zero-order valence-electron chi connectivity index (χ0n) is 8.75. The lowest BCUT2D eigenvalue weighted by molar-refractivity contribution is 0.112. The molecule has 0 aliphatic heterocycles. The van der Waals surface area contributed by atoms with Gasteiger partial charge in [-0.15, -0.1) is 0 Å². The molecule has 0 amide bonds. The lowest BCUT2D eigenvalue weighted by Crippen LogP contribution is -1.91. The fourth-order valence-electron chi connectivity index (χ4n) is 0.926. The number of hydrogen-bond donors (Lipinski definition) is 2. The first-order valence-electron chi connectivity index (χ1n) is 4.02. The minimum absolute atomic E-state index is 0.571. The molecule has 0 unspecified atom stereocenters. The quantitative estimate of drug-likeness (QED) is 0.616. The lowest BCUT2D eigenvalue weighted by Gasteiger charge is -2.06. The van der Waals surface area contributed by atoms with Crippen LogP contribution in [-0.4, -0.2) is 33.8 Å². The molecule has 0 fully saturated rings. The molecule has 0 aromatic heterocycles. The summed E-state index contributed by atoms with van der Waals surface area (Å²) in [7, 11) is 3.09. The molecule has 0 radical (unpaired) electrons. The normalized spacial score (nSPS) is 9.06. The molecule has 7 heteroatoms. The zero-order valence-corrected chi connectivity index (χ0v) is 9.56. The van der Waals surface area contributed by atoms with Crippen LogP contribution in [0.3, 0.4) is 0 Å². The standard InChI is InChI=1S/C9H10O3.H2O3S/c1-11-8-4-3-7(6-10)5-9(8)12-2;1-4(2)3/h3-6H,1-2H3;(H2,1,2,3). The third kappa shape index (κ3) is 5.44. The molecule has 1 rings (SSSR count). The molecule has 1 aromatic rings. The van der Waals surface area contributed by atoms with Gasteiger partial charge in [0.25, 0.3) is 11.4 Å². The maximum Gasteiger partial charge on any atom is 0.299 e. The van der Waals surface area contributed by atoms with Gasteiger partial charge in [-0.3, -0.25) is 13.9 Å². The van der Waals surface area contributed by atoms with Crippen LogP contribution in [0.5, 0.6) is 11.5 Å². The largest absolute Gasteiger partial charge is 0.493 e. The number of carbonyl (C=O) groups is 1. The Labute approximate surface area is 95.3 Å². The number of aldehydes is 1. The van der Waals surface area contributed by atoms with Crippen molar-refractivity contribution in [1.82, 2.24) is 0 Å². The van der Waals surface area contributed by atoms with Gasteiger partial charge in [0.05, 0.1) is 14.2 Å². The van der Waals surface area contributed by atoms with Gasteiger partial charge in [-0.25, -0.2) is 0 Å². The van der Waals surface area contributed by atoms with Crippen LogP contribution >= 0.6 is 0 Å². The van der Waals surface area contributed by atoms with E-state index in [1.807, 2.05) is 0 Å². The summed E-state index contributed by atoms with van der Waals surface area (Å²) in [5, 5.41) is 0. The van der Waals surface area contributed by atoms with Crippen molar-refractivity contribution in [2.24, 2.45) is 0 Å². The second-order valence-corrected chi connectivity index (χ2v) is 2.92. The van der Waals surface area contributed by atoms with Crippen molar-refractivity contribution in [1.29, 1.82) is 0 Å². The van der Waals surface area contributed by atoms with Crippen LogP contribution in [0.2, 0.25) is 0 Å². The molecule has 0 spiro atoms. The van der Waals surface area contributed by atoms with Crippen LogP contribution in [0.15, 0.2) is 18.2 Å². The van der Waals surface area contributed by atoms with Gasteiger partial charge in [-0.1, -0.05) is 0 Å². The van der Waals surface area contributed by atoms with Crippen LogP contribution < -0.4 is 9.47 Å². The Kier molecular flexibility index (Phi) is 7.10. The zero-order chi connectivity index (χ0) is 12.6. The lowest BCUT2D eigenvalue weighted by atomic mass is 10.2. The molecule has 0 heterocycles. The second kappa shape index (κ2) is 7.80. The van der Waals surface area contributed by atoms with E-state index >= 15 is 0 Å². The molecule has 2 N–H and O–H groups in total. The van der Waals surface area contributed by atoms with E-state index in [1.54, 1.807) is 25.3 Å². The molecular formula is C9H12O6S. The van der Waals surface area contributed by atoms with Gasteiger partial charge in [-0.05, 0) is 18.2 Å². The summed E-state index contributed by atoms with van der Waals surface area (Å²) in [4.78, 5) is 10.4. The molecule has 1 aromatic carbocycles. The molecule has 0 atom stereocenters. The average molecular weight is 248 g/mol. The molecule has 90 valence electrons. The van der Waals surface area contributed by atoms with Crippen LogP contribution in [0.4, 0.5) is 0 Å². The van der Waals surface area contributed by atoms with E-state index in [2.05, 4.69) is 0 Å². The number of ether oxygens (including phenoxy) is 2. The van der Waals surface area contributed by atoms with E-state index in [1.165, 1.54) is 7.11 Å². The fraction of sp³-hybridized carbons (Fsp3) is 0.222. The van der Waals surface area contributed by atoms with Crippen molar-refractivity contribution in [2.75, 3.05) is 14.2 Å². The summed E-state index contributed by atoms with van der Waals surface area (Å²) in [6.45, 7) is 0. The van der Waals surface area contributed by atoms with E-state index in [9.17, 15) is 4.79 Å². The Morgan fingerprint density at radius 1 is 1.19 bits per heavy atom. The highest BCUT2D eigenvalue weighted by molar-refractivity contribution is 7.73. The number of methoxy groups -OCH3 is 2.